The van der Waals surface area contributed by atoms with Crippen LogP contribution in [0.25, 0.3) is 0 Å². The minimum absolute atomic E-state index is 0.110. The lowest BCUT2D eigenvalue weighted by molar-refractivity contribution is -0.113. The zero-order valence-corrected chi connectivity index (χ0v) is 21.1. The van der Waals surface area contributed by atoms with Crippen LogP contribution >= 0.6 is 35.0 Å². The number of methoxy groups -OCH3 is 2. The maximum Gasteiger partial charge on any atom is 0.234 e. The largest absolute Gasteiger partial charge is 0.495 e. The summed E-state index contributed by atoms with van der Waals surface area (Å²) in [6.45, 7) is 3.83. The number of carbonyl (C=O) groups excluding carboxylic acids is 1. The number of rotatable bonds is 9. The zero-order chi connectivity index (χ0) is 24.1. The van der Waals surface area contributed by atoms with Gasteiger partial charge in [0, 0.05) is 19.2 Å². The number of nitrogens with one attached hydrogen (secondary N) is 1. The lowest BCUT2D eigenvalue weighted by Crippen LogP contribution is -2.15. The molecule has 0 aliphatic rings. The number of nitrogens with zero attached hydrogens (tertiary/aromatic N) is 3. The highest BCUT2D eigenvalue weighted by molar-refractivity contribution is 7.99. The van der Waals surface area contributed by atoms with E-state index >= 15 is 0 Å². The molecule has 8 nitrogen and oxygen atoms in total. The smallest absolute Gasteiger partial charge is 0.234 e. The van der Waals surface area contributed by atoms with Crippen molar-refractivity contribution < 1.29 is 19.0 Å². The summed E-state index contributed by atoms with van der Waals surface area (Å²) >= 11 is 13.6. The van der Waals surface area contributed by atoms with Gasteiger partial charge in [-0.1, -0.05) is 41.0 Å². The molecule has 0 fully saturated rings. The molecule has 0 saturated heterocycles. The minimum atomic E-state index is -0.393. The number of thioether (sulfide) groups is 1. The predicted molar refractivity (Wildman–Crippen MR) is 130 cm³/mol. The highest BCUT2D eigenvalue weighted by Gasteiger charge is 2.20. The van der Waals surface area contributed by atoms with E-state index in [-0.39, 0.29) is 11.7 Å². The van der Waals surface area contributed by atoms with E-state index in [1.165, 1.54) is 26.0 Å². The van der Waals surface area contributed by atoms with Crippen molar-refractivity contribution in [3.05, 3.63) is 51.8 Å². The van der Waals surface area contributed by atoms with Crippen LogP contribution in [0.1, 0.15) is 24.4 Å². The van der Waals surface area contributed by atoms with E-state index in [1.807, 2.05) is 33.0 Å². The van der Waals surface area contributed by atoms with Crippen LogP contribution in [0.15, 0.2) is 35.5 Å². The number of carbonyl (C=O) groups is 1. The third kappa shape index (κ3) is 6.04. The number of aromatic nitrogens is 3. The van der Waals surface area contributed by atoms with Crippen molar-refractivity contribution in [2.75, 3.05) is 25.3 Å². The molecule has 3 aromatic rings. The number of ether oxygens (including phenoxy) is 3. The van der Waals surface area contributed by atoms with Crippen molar-refractivity contribution in [1.82, 2.24) is 14.8 Å². The quantitative estimate of drug-likeness (QED) is 0.389. The highest BCUT2D eigenvalue weighted by atomic mass is 35.5. The number of benzene rings is 2. The molecule has 0 aliphatic carbocycles. The first-order valence-electron chi connectivity index (χ1n) is 9.89. The second-order valence-electron chi connectivity index (χ2n) is 7.12. The number of hydrogen-bond acceptors (Lipinski definition) is 7. The van der Waals surface area contributed by atoms with Crippen molar-refractivity contribution in [2.24, 2.45) is 7.05 Å². The molecule has 1 amide bonds. The average Bonchev–Trinajstić information content (AvgIpc) is 3.16. The van der Waals surface area contributed by atoms with E-state index in [4.69, 9.17) is 37.4 Å². The van der Waals surface area contributed by atoms with E-state index in [0.29, 0.717) is 44.0 Å². The van der Waals surface area contributed by atoms with Crippen LogP contribution in [0.4, 0.5) is 5.69 Å². The number of halogens is 2. The van der Waals surface area contributed by atoms with Gasteiger partial charge in [0.2, 0.25) is 5.91 Å². The van der Waals surface area contributed by atoms with E-state index < -0.39 is 6.10 Å². The molecule has 33 heavy (non-hydrogen) atoms. The molecular formula is C22H24Cl2N4O4S. The molecule has 1 atom stereocenters. The van der Waals surface area contributed by atoms with Crippen molar-refractivity contribution in [1.29, 1.82) is 0 Å². The monoisotopic (exact) mass is 510 g/mol. The summed E-state index contributed by atoms with van der Waals surface area (Å²) in [5.74, 6) is 1.91. The molecule has 0 bridgehead atoms. The van der Waals surface area contributed by atoms with E-state index in [1.54, 1.807) is 22.8 Å². The third-order valence-corrected chi connectivity index (χ3v) is 6.33. The second kappa shape index (κ2) is 11.0. The fourth-order valence-electron chi connectivity index (χ4n) is 3.02. The van der Waals surface area contributed by atoms with E-state index in [9.17, 15) is 4.79 Å². The molecule has 0 aliphatic heterocycles. The van der Waals surface area contributed by atoms with Gasteiger partial charge in [-0.05, 0) is 31.5 Å². The van der Waals surface area contributed by atoms with Crippen molar-refractivity contribution >= 4 is 46.6 Å². The Morgan fingerprint density at radius 1 is 1.09 bits per heavy atom. The minimum Gasteiger partial charge on any atom is -0.495 e. The Balaban J connectivity index is 1.65. The van der Waals surface area contributed by atoms with Gasteiger partial charge in [0.25, 0.3) is 0 Å². The Kier molecular flexibility index (Phi) is 8.34. The van der Waals surface area contributed by atoms with Crippen LogP contribution in [-0.4, -0.2) is 40.6 Å². The van der Waals surface area contributed by atoms with Crippen LogP contribution < -0.4 is 19.5 Å². The van der Waals surface area contributed by atoms with Gasteiger partial charge >= 0.3 is 0 Å². The third-order valence-electron chi connectivity index (χ3n) is 4.70. The Morgan fingerprint density at radius 3 is 2.52 bits per heavy atom. The Morgan fingerprint density at radius 2 is 1.82 bits per heavy atom. The number of hydrogen-bond donors (Lipinski definition) is 1. The standard InChI is InChI=1S/C22H24Cl2N4O4S/c1-12-6-7-14(23)18(8-12)32-13(2)21-26-27-22(28(21)3)33-11-20(29)25-16-10-17(30-4)15(24)9-19(16)31-5/h6-10,13H,11H2,1-5H3,(H,25,29). The van der Waals surface area contributed by atoms with Gasteiger partial charge in [0.15, 0.2) is 17.1 Å². The first kappa shape index (κ1) is 25.0. The number of amides is 1. The number of anilines is 1. The predicted octanol–water partition coefficient (Wildman–Crippen LogP) is 5.32. The maximum atomic E-state index is 12.5. The van der Waals surface area contributed by atoms with Gasteiger partial charge in [-0.2, -0.15) is 0 Å². The molecule has 0 radical (unpaired) electrons. The van der Waals surface area contributed by atoms with Crippen molar-refractivity contribution in [3.63, 3.8) is 0 Å². The Hall–Kier alpha value is -2.62. The topological polar surface area (TPSA) is 87.5 Å². The summed E-state index contributed by atoms with van der Waals surface area (Å²) in [5, 5.41) is 12.7. The molecule has 1 heterocycles. The molecule has 3 rings (SSSR count). The normalized spacial score (nSPS) is 11.7. The van der Waals surface area contributed by atoms with E-state index in [2.05, 4.69) is 15.5 Å². The van der Waals surface area contributed by atoms with Gasteiger partial charge in [-0.25, -0.2) is 0 Å². The van der Waals surface area contributed by atoms with Gasteiger partial charge in [0.1, 0.15) is 17.2 Å². The van der Waals surface area contributed by atoms with Gasteiger partial charge in [-0.15, -0.1) is 10.2 Å². The average molecular weight is 511 g/mol. The highest BCUT2D eigenvalue weighted by Crippen LogP contribution is 2.36. The summed E-state index contributed by atoms with van der Waals surface area (Å²) in [7, 11) is 4.82. The van der Waals surface area contributed by atoms with Gasteiger partial charge in [0.05, 0.1) is 35.7 Å². The summed E-state index contributed by atoms with van der Waals surface area (Å²) in [5.41, 5.74) is 1.50. The molecular weight excluding hydrogens is 487 g/mol. The fraction of sp³-hybridized carbons (Fsp3) is 0.318. The maximum absolute atomic E-state index is 12.5. The summed E-state index contributed by atoms with van der Waals surface area (Å²) in [6, 6.07) is 8.77. The first-order chi connectivity index (χ1) is 15.7. The molecule has 1 N–H and O–H groups in total. The SMILES string of the molecule is COc1cc(NC(=O)CSc2nnc(C(C)Oc3cc(C)ccc3Cl)n2C)c(OC)cc1Cl. The van der Waals surface area contributed by atoms with Crippen LogP contribution in [0.2, 0.25) is 10.0 Å². The van der Waals surface area contributed by atoms with Crippen LogP contribution in [0.3, 0.4) is 0 Å². The Bertz CT molecular complexity index is 1160. The van der Waals surface area contributed by atoms with Gasteiger partial charge < -0.3 is 24.1 Å². The van der Waals surface area contributed by atoms with Crippen molar-refractivity contribution in [3.8, 4) is 17.2 Å². The first-order valence-corrected chi connectivity index (χ1v) is 11.6. The molecule has 176 valence electrons. The van der Waals surface area contributed by atoms with Crippen LogP contribution in [-0.2, 0) is 11.8 Å². The molecule has 0 saturated carbocycles. The van der Waals surface area contributed by atoms with Crippen LogP contribution in [0.5, 0.6) is 17.2 Å². The molecule has 1 unspecified atom stereocenters. The molecule has 11 heteroatoms. The molecule has 0 spiro atoms. The fourth-order valence-corrected chi connectivity index (χ4v) is 4.14. The lowest BCUT2D eigenvalue weighted by Gasteiger charge is -2.16. The number of aryl methyl sites for hydroxylation is 1. The van der Waals surface area contributed by atoms with E-state index in [0.717, 1.165) is 5.56 Å². The van der Waals surface area contributed by atoms with Crippen molar-refractivity contribution in [2.45, 2.75) is 25.1 Å². The summed E-state index contributed by atoms with van der Waals surface area (Å²) in [6.07, 6.45) is -0.393. The lowest BCUT2D eigenvalue weighted by atomic mass is 10.2. The molecule has 1 aromatic heterocycles. The summed E-state index contributed by atoms with van der Waals surface area (Å²) < 4.78 is 18.3. The van der Waals surface area contributed by atoms with Gasteiger partial charge in [-0.3, -0.25) is 4.79 Å². The molecule has 2 aromatic carbocycles. The van der Waals surface area contributed by atoms with Crippen LogP contribution in [0, 0.1) is 6.92 Å². The Labute approximate surface area is 206 Å². The zero-order valence-electron chi connectivity index (χ0n) is 18.8. The second-order valence-corrected chi connectivity index (χ2v) is 8.87. The summed E-state index contributed by atoms with van der Waals surface area (Å²) in [4.78, 5) is 12.5.